The fourth-order valence-electron chi connectivity index (χ4n) is 3.67. The molecule has 1 atom stereocenters. The lowest BCUT2D eigenvalue weighted by Gasteiger charge is -2.25. The van der Waals surface area contributed by atoms with Crippen LogP contribution < -0.4 is 9.64 Å². The first-order valence-corrected chi connectivity index (χ1v) is 9.76. The van der Waals surface area contributed by atoms with Crippen molar-refractivity contribution in [3.63, 3.8) is 0 Å². The summed E-state index contributed by atoms with van der Waals surface area (Å²) in [6.45, 7) is 2.43. The van der Waals surface area contributed by atoms with E-state index in [4.69, 9.17) is 4.74 Å². The van der Waals surface area contributed by atoms with Crippen molar-refractivity contribution in [3.05, 3.63) is 102 Å². The molecular formula is C25H21NO4. The molecule has 1 N–H and O–H groups in total. The first kappa shape index (κ1) is 19.5. The van der Waals surface area contributed by atoms with Crippen LogP contribution in [0.25, 0.3) is 5.76 Å². The van der Waals surface area contributed by atoms with E-state index < -0.39 is 17.7 Å². The Morgan fingerprint density at radius 3 is 2.10 bits per heavy atom. The van der Waals surface area contributed by atoms with Crippen LogP contribution in [0, 0.1) is 0 Å². The molecule has 30 heavy (non-hydrogen) atoms. The second-order valence-electron chi connectivity index (χ2n) is 6.87. The van der Waals surface area contributed by atoms with Crippen LogP contribution in [-0.4, -0.2) is 23.4 Å². The van der Waals surface area contributed by atoms with E-state index in [2.05, 4.69) is 0 Å². The summed E-state index contributed by atoms with van der Waals surface area (Å²) in [6, 6.07) is 24.3. The minimum Gasteiger partial charge on any atom is -0.507 e. The summed E-state index contributed by atoms with van der Waals surface area (Å²) in [6.07, 6.45) is 0. The SMILES string of the molecule is CCOc1ccc(N2C(=O)C(=O)/C(=C(/O)c3ccccc3)C2c2ccccc2)cc1. The van der Waals surface area contributed by atoms with Gasteiger partial charge in [0.2, 0.25) is 0 Å². The molecule has 0 radical (unpaired) electrons. The lowest BCUT2D eigenvalue weighted by Crippen LogP contribution is -2.29. The maximum atomic E-state index is 13.0. The molecule has 0 bridgehead atoms. The fourth-order valence-corrected chi connectivity index (χ4v) is 3.67. The third-order valence-corrected chi connectivity index (χ3v) is 5.03. The van der Waals surface area contributed by atoms with Gasteiger partial charge in [-0.1, -0.05) is 60.7 Å². The smallest absolute Gasteiger partial charge is 0.300 e. The van der Waals surface area contributed by atoms with Gasteiger partial charge >= 0.3 is 0 Å². The molecule has 4 rings (SSSR count). The Morgan fingerprint density at radius 1 is 0.900 bits per heavy atom. The van der Waals surface area contributed by atoms with Gasteiger partial charge in [-0.05, 0) is 36.8 Å². The van der Waals surface area contributed by atoms with Crippen molar-refractivity contribution in [2.45, 2.75) is 13.0 Å². The highest BCUT2D eigenvalue weighted by Crippen LogP contribution is 2.42. The van der Waals surface area contributed by atoms with Crippen molar-refractivity contribution in [2.75, 3.05) is 11.5 Å². The van der Waals surface area contributed by atoms with E-state index in [-0.39, 0.29) is 11.3 Å². The van der Waals surface area contributed by atoms with Crippen LogP contribution in [0.3, 0.4) is 0 Å². The molecule has 1 aliphatic rings. The number of rotatable bonds is 5. The average molecular weight is 399 g/mol. The zero-order chi connectivity index (χ0) is 21.1. The van der Waals surface area contributed by atoms with Crippen LogP contribution in [0.2, 0.25) is 0 Å². The molecule has 1 aliphatic heterocycles. The maximum Gasteiger partial charge on any atom is 0.300 e. The number of carbonyl (C=O) groups excluding carboxylic acids is 2. The monoisotopic (exact) mass is 399 g/mol. The van der Waals surface area contributed by atoms with Gasteiger partial charge in [0.25, 0.3) is 11.7 Å². The number of ether oxygens (including phenoxy) is 1. The topological polar surface area (TPSA) is 66.8 Å². The zero-order valence-corrected chi connectivity index (χ0v) is 16.5. The number of amides is 1. The van der Waals surface area contributed by atoms with Crippen LogP contribution in [0.1, 0.15) is 24.1 Å². The lowest BCUT2D eigenvalue weighted by molar-refractivity contribution is -0.132. The third kappa shape index (κ3) is 3.46. The van der Waals surface area contributed by atoms with Gasteiger partial charge in [-0.25, -0.2) is 0 Å². The van der Waals surface area contributed by atoms with Crippen LogP contribution in [0.4, 0.5) is 5.69 Å². The quantitative estimate of drug-likeness (QED) is 0.383. The molecule has 5 nitrogen and oxygen atoms in total. The molecule has 5 heteroatoms. The first-order valence-electron chi connectivity index (χ1n) is 9.76. The van der Waals surface area contributed by atoms with Gasteiger partial charge in [-0.15, -0.1) is 0 Å². The van der Waals surface area contributed by atoms with Crippen LogP contribution in [-0.2, 0) is 9.59 Å². The molecule has 1 saturated heterocycles. The van der Waals surface area contributed by atoms with Crippen molar-refractivity contribution >= 4 is 23.1 Å². The van der Waals surface area contributed by atoms with Crippen molar-refractivity contribution in [2.24, 2.45) is 0 Å². The zero-order valence-electron chi connectivity index (χ0n) is 16.5. The molecule has 0 aromatic heterocycles. The maximum absolute atomic E-state index is 13.0. The third-order valence-electron chi connectivity index (χ3n) is 5.03. The largest absolute Gasteiger partial charge is 0.507 e. The van der Waals surface area contributed by atoms with E-state index in [1.807, 2.05) is 43.3 Å². The Kier molecular flexibility index (Phi) is 5.35. The summed E-state index contributed by atoms with van der Waals surface area (Å²) < 4.78 is 5.48. The number of hydrogen-bond donors (Lipinski definition) is 1. The molecule has 1 heterocycles. The van der Waals surface area contributed by atoms with E-state index in [0.717, 1.165) is 5.56 Å². The molecule has 1 fully saturated rings. The van der Waals surface area contributed by atoms with Gasteiger partial charge in [0.15, 0.2) is 0 Å². The van der Waals surface area contributed by atoms with Gasteiger partial charge in [-0.3, -0.25) is 14.5 Å². The lowest BCUT2D eigenvalue weighted by atomic mass is 9.95. The van der Waals surface area contributed by atoms with Crippen molar-refractivity contribution < 1.29 is 19.4 Å². The molecule has 0 aliphatic carbocycles. The minimum absolute atomic E-state index is 0.0753. The highest BCUT2D eigenvalue weighted by molar-refractivity contribution is 6.51. The van der Waals surface area contributed by atoms with Gasteiger partial charge in [-0.2, -0.15) is 0 Å². The summed E-state index contributed by atoms with van der Waals surface area (Å²) in [4.78, 5) is 27.5. The van der Waals surface area contributed by atoms with Gasteiger partial charge < -0.3 is 9.84 Å². The van der Waals surface area contributed by atoms with E-state index >= 15 is 0 Å². The molecule has 1 unspecified atom stereocenters. The number of benzene rings is 3. The number of nitrogens with zero attached hydrogens (tertiary/aromatic N) is 1. The van der Waals surface area contributed by atoms with Crippen molar-refractivity contribution in [1.29, 1.82) is 0 Å². The summed E-state index contributed by atoms with van der Waals surface area (Å²) in [5.41, 5.74) is 1.86. The number of hydrogen-bond acceptors (Lipinski definition) is 4. The number of aliphatic hydroxyl groups is 1. The molecule has 0 spiro atoms. The predicted octanol–water partition coefficient (Wildman–Crippen LogP) is 4.71. The molecule has 150 valence electrons. The van der Waals surface area contributed by atoms with Gasteiger partial charge in [0, 0.05) is 11.3 Å². The van der Waals surface area contributed by atoms with Crippen LogP contribution >= 0.6 is 0 Å². The Bertz CT molecular complexity index is 1090. The highest BCUT2D eigenvalue weighted by Gasteiger charge is 2.46. The van der Waals surface area contributed by atoms with E-state index in [1.54, 1.807) is 48.5 Å². The number of carbonyl (C=O) groups is 2. The summed E-state index contributed by atoms with van der Waals surface area (Å²) in [5, 5.41) is 11.0. The number of ketones is 1. The molecule has 1 amide bonds. The van der Waals surface area contributed by atoms with Crippen molar-refractivity contribution in [3.8, 4) is 5.75 Å². The van der Waals surface area contributed by atoms with E-state index in [0.29, 0.717) is 23.6 Å². The van der Waals surface area contributed by atoms with Crippen LogP contribution in [0.5, 0.6) is 5.75 Å². The molecule has 3 aromatic rings. The average Bonchev–Trinajstić information content (AvgIpc) is 3.06. The van der Waals surface area contributed by atoms with Crippen LogP contribution in [0.15, 0.2) is 90.5 Å². The minimum atomic E-state index is -0.732. The molecular weight excluding hydrogens is 378 g/mol. The summed E-state index contributed by atoms with van der Waals surface area (Å²) >= 11 is 0. The van der Waals surface area contributed by atoms with Gasteiger partial charge in [0.1, 0.15) is 11.5 Å². The Labute approximate surface area is 174 Å². The normalized spacial score (nSPS) is 17.9. The Balaban J connectivity index is 1.87. The molecule has 0 saturated carbocycles. The number of Topliss-reactive ketones (excluding diaryl/α,β-unsaturated/α-hetero) is 1. The second kappa shape index (κ2) is 8.25. The number of aliphatic hydroxyl groups excluding tert-OH is 1. The first-order chi connectivity index (χ1) is 14.6. The highest BCUT2D eigenvalue weighted by atomic mass is 16.5. The second-order valence-corrected chi connectivity index (χ2v) is 6.87. The Morgan fingerprint density at radius 2 is 1.50 bits per heavy atom. The fraction of sp³-hybridized carbons (Fsp3) is 0.120. The molecule has 3 aromatic carbocycles. The summed E-state index contributed by atoms with van der Waals surface area (Å²) in [5.74, 6) is -0.890. The van der Waals surface area contributed by atoms with E-state index in [1.165, 1.54) is 4.90 Å². The van der Waals surface area contributed by atoms with Gasteiger partial charge in [0.05, 0.1) is 18.2 Å². The predicted molar refractivity (Wildman–Crippen MR) is 115 cm³/mol. The summed E-state index contributed by atoms with van der Waals surface area (Å²) in [7, 11) is 0. The van der Waals surface area contributed by atoms with E-state index in [9.17, 15) is 14.7 Å². The number of anilines is 1. The Hall–Kier alpha value is -3.86. The standard InChI is InChI=1S/C25H21NO4/c1-2-30-20-15-13-19(14-16-20)26-22(17-9-5-3-6-10-17)21(24(28)25(26)29)23(27)18-11-7-4-8-12-18/h3-16,22,27H,2H2,1H3/b23-21+. The van der Waals surface area contributed by atoms with Crippen molar-refractivity contribution in [1.82, 2.24) is 0 Å².